The lowest BCUT2D eigenvalue weighted by atomic mass is 9.97. The highest BCUT2D eigenvalue weighted by molar-refractivity contribution is 5.86. The van der Waals surface area contributed by atoms with E-state index in [1.165, 1.54) is 44.9 Å². The first-order chi connectivity index (χ1) is 9.07. The smallest absolute Gasteiger partial charge is 0.133 e. The van der Waals surface area contributed by atoms with E-state index in [2.05, 4.69) is 6.92 Å². The largest absolute Gasteiger partial charge is 0.300 e. The molecule has 2 heteroatoms. The van der Waals surface area contributed by atoms with Gasteiger partial charge in [0.1, 0.15) is 11.6 Å². The zero-order chi connectivity index (χ0) is 14.5. The number of carbonyl (C=O) groups excluding carboxylic acids is 2. The maximum atomic E-state index is 11.6. The van der Waals surface area contributed by atoms with E-state index in [4.69, 9.17) is 0 Å². The van der Waals surface area contributed by atoms with Crippen molar-refractivity contribution in [3.8, 4) is 0 Å². The van der Waals surface area contributed by atoms with Gasteiger partial charge in [-0.15, -0.1) is 0 Å². The molecule has 19 heavy (non-hydrogen) atoms. The second-order valence-electron chi connectivity index (χ2n) is 5.83. The summed E-state index contributed by atoms with van der Waals surface area (Å²) >= 11 is 0. The zero-order valence-corrected chi connectivity index (χ0v) is 13.2. The molecule has 0 unspecified atom stereocenters. The molecule has 1 atom stereocenters. The zero-order valence-electron chi connectivity index (χ0n) is 13.2. The summed E-state index contributed by atoms with van der Waals surface area (Å²) in [5.41, 5.74) is 0. The molecule has 0 aliphatic carbocycles. The van der Waals surface area contributed by atoms with Crippen LogP contribution >= 0.6 is 0 Å². The number of hydrogen-bond acceptors (Lipinski definition) is 2. The van der Waals surface area contributed by atoms with Crippen molar-refractivity contribution in [1.29, 1.82) is 0 Å². The predicted octanol–water partition coefficient (Wildman–Crippen LogP) is 5.09. The fourth-order valence-corrected chi connectivity index (χ4v) is 2.22. The number of carbonyl (C=O) groups is 2. The summed E-state index contributed by atoms with van der Waals surface area (Å²) in [5.74, 6) is 0.289. The molecule has 0 rings (SSSR count). The van der Waals surface area contributed by atoms with E-state index in [0.717, 1.165) is 12.8 Å². The van der Waals surface area contributed by atoms with Gasteiger partial charge in [0.15, 0.2) is 0 Å². The van der Waals surface area contributed by atoms with Crippen molar-refractivity contribution in [2.45, 2.75) is 91.4 Å². The maximum Gasteiger partial charge on any atom is 0.133 e. The Kier molecular flexibility index (Phi) is 11.9. The lowest BCUT2D eigenvalue weighted by molar-refractivity contribution is -0.126. The van der Waals surface area contributed by atoms with E-state index in [-0.39, 0.29) is 17.5 Å². The van der Waals surface area contributed by atoms with Gasteiger partial charge in [-0.1, -0.05) is 65.2 Å². The topological polar surface area (TPSA) is 34.1 Å². The van der Waals surface area contributed by atoms with Gasteiger partial charge in [-0.05, 0) is 13.3 Å². The Hall–Kier alpha value is -0.660. The van der Waals surface area contributed by atoms with Gasteiger partial charge in [0.25, 0.3) is 0 Å². The van der Waals surface area contributed by atoms with Gasteiger partial charge in [-0.3, -0.25) is 9.59 Å². The van der Waals surface area contributed by atoms with Gasteiger partial charge in [-0.25, -0.2) is 0 Å². The number of ketones is 2. The van der Waals surface area contributed by atoms with Crippen LogP contribution in [0, 0.1) is 5.92 Å². The Bertz CT molecular complexity index is 246. The summed E-state index contributed by atoms with van der Waals surface area (Å²) in [6, 6.07) is 0. The highest BCUT2D eigenvalue weighted by atomic mass is 16.1. The Morgan fingerprint density at radius 3 is 1.79 bits per heavy atom. The highest BCUT2D eigenvalue weighted by Gasteiger charge is 2.12. The molecule has 2 nitrogen and oxygen atoms in total. The Morgan fingerprint density at radius 2 is 1.32 bits per heavy atom. The Balaban J connectivity index is 3.30. The van der Waals surface area contributed by atoms with E-state index in [0.29, 0.717) is 12.8 Å². The molecular formula is C17H32O2. The van der Waals surface area contributed by atoms with Crippen LogP contribution in [0.5, 0.6) is 0 Å². The fraction of sp³-hybridized carbons (Fsp3) is 0.882. The predicted molar refractivity (Wildman–Crippen MR) is 81.3 cm³/mol. The molecule has 0 saturated carbocycles. The molecule has 0 radical (unpaired) electrons. The van der Waals surface area contributed by atoms with Crippen molar-refractivity contribution in [3.63, 3.8) is 0 Å². The maximum absolute atomic E-state index is 11.6. The number of unbranched alkanes of at least 4 members (excludes halogenated alkanes) is 8. The first kappa shape index (κ1) is 18.3. The van der Waals surface area contributed by atoms with Crippen LogP contribution in [-0.2, 0) is 9.59 Å². The van der Waals surface area contributed by atoms with Gasteiger partial charge in [-0.2, -0.15) is 0 Å². The van der Waals surface area contributed by atoms with Gasteiger partial charge < -0.3 is 0 Å². The van der Waals surface area contributed by atoms with Crippen molar-refractivity contribution < 1.29 is 9.59 Å². The van der Waals surface area contributed by atoms with Crippen LogP contribution in [-0.4, -0.2) is 11.6 Å². The third-order valence-electron chi connectivity index (χ3n) is 3.79. The van der Waals surface area contributed by atoms with Crippen LogP contribution in [0.1, 0.15) is 91.4 Å². The summed E-state index contributed by atoms with van der Waals surface area (Å²) in [6.07, 6.45) is 12.6. The van der Waals surface area contributed by atoms with E-state index in [1.807, 2.05) is 6.92 Å². The van der Waals surface area contributed by atoms with Gasteiger partial charge in [0.2, 0.25) is 0 Å². The summed E-state index contributed by atoms with van der Waals surface area (Å²) < 4.78 is 0. The minimum Gasteiger partial charge on any atom is -0.300 e. The molecule has 112 valence electrons. The fourth-order valence-electron chi connectivity index (χ4n) is 2.22. The molecule has 0 amide bonds. The minimum atomic E-state index is -0.0916. The van der Waals surface area contributed by atoms with Crippen LogP contribution in [0.25, 0.3) is 0 Å². The van der Waals surface area contributed by atoms with Crippen molar-refractivity contribution in [2.75, 3.05) is 0 Å². The summed E-state index contributed by atoms with van der Waals surface area (Å²) in [4.78, 5) is 22.7. The molecule has 0 spiro atoms. The van der Waals surface area contributed by atoms with E-state index >= 15 is 0 Å². The number of Topliss-reactive ketones (excluding diaryl/α,β-unsaturated/α-hetero) is 2. The Morgan fingerprint density at radius 1 is 0.842 bits per heavy atom. The molecule has 0 aromatic heterocycles. The standard InChI is InChI=1S/C17H32O2/c1-4-5-6-7-8-9-10-11-12-13-17(19)14-15(2)16(3)18/h15H,4-14H2,1-3H3/t15-/m1/s1. The Labute approximate surface area is 119 Å². The highest BCUT2D eigenvalue weighted by Crippen LogP contribution is 2.12. The molecule has 0 heterocycles. The van der Waals surface area contributed by atoms with Crippen molar-refractivity contribution in [3.05, 3.63) is 0 Å². The second-order valence-corrected chi connectivity index (χ2v) is 5.83. The lowest BCUT2D eigenvalue weighted by Crippen LogP contribution is -2.12. The molecule has 0 aliphatic heterocycles. The van der Waals surface area contributed by atoms with Crippen molar-refractivity contribution in [2.24, 2.45) is 5.92 Å². The SMILES string of the molecule is CCCCCCCCCCCC(=O)C[C@@H](C)C(C)=O. The molecule has 0 saturated heterocycles. The summed E-state index contributed by atoms with van der Waals surface area (Å²) in [7, 11) is 0. The van der Waals surface area contributed by atoms with Crippen LogP contribution in [0.15, 0.2) is 0 Å². The van der Waals surface area contributed by atoms with E-state index < -0.39 is 0 Å². The second kappa shape index (κ2) is 12.4. The van der Waals surface area contributed by atoms with Gasteiger partial charge in [0, 0.05) is 18.8 Å². The van der Waals surface area contributed by atoms with Gasteiger partial charge >= 0.3 is 0 Å². The average Bonchev–Trinajstić information content (AvgIpc) is 2.36. The van der Waals surface area contributed by atoms with Crippen LogP contribution < -0.4 is 0 Å². The average molecular weight is 268 g/mol. The molecule has 0 aromatic rings. The van der Waals surface area contributed by atoms with Crippen molar-refractivity contribution >= 4 is 11.6 Å². The van der Waals surface area contributed by atoms with Crippen LogP contribution in [0.3, 0.4) is 0 Å². The first-order valence-electron chi connectivity index (χ1n) is 8.10. The van der Waals surface area contributed by atoms with Crippen LogP contribution in [0.2, 0.25) is 0 Å². The van der Waals surface area contributed by atoms with Gasteiger partial charge in [0.05, 0.1) is 0 Å². The first-order valence-corrected chi connectivity index (χ1v) is 8.10. The van der Waals surface area contributed by atoms with Crippen molar-refractivity contribution in [1.82, 2.24) is 0 Å². The third-order valence-corrected chi connectivity index (χ3v) is 3.79. The molecule has 0 aromatic carbocycles. The number of hydrogen-bond donors (Lipinski definition) is 0. The van der Waals surface area contributed by atoms with E-state index in [1.54, 1.807) is 6.92 Å². The normalized spacial score (nSPS) is 12.4. The third kappa shape index (κ3) is 12.1. The van der Waals surface area contributed by atoms with Crippen LogP contribution in [0.4, 0.5) is 0 Å². The molecule has 0 N–H and O–H groups in total. The molecule has 0 bridgehead atoms. The number of rotatable bonds is 13. The monoisotopic (exact) mass is 268 g/mol. The lowest BCUT2D eigenvalue weighted by Gasteiger charge is -2.06. The quantitative estimate of drug-likeness (QED) is 0.436. The minimum absolute atomic E-state index is 0.0916. The molecule has 0 fully saturated rings. The molecule has 0 aliphatic rings. The molecular weight excluding hydrogens is 236 g/mol. The van der Waals surface area contributed by atoms with E-state index in [9.17, 15) is 9.59 Å². The summed E-state index contributed by atoms with van der Waals surface area (Å²) in [6.45, 7) is 5.65. The summed E-state index contributed by atoms with van der Waals surface area (Å²) in [5, 5.41) is 0.